The summed E-state index contributed by atoms with van der Waals surface area (Å²) in [7, 11) is 0. The molecule has 3 heteroatoms. The maximum Gasteiger partial charge on any atom is 0.310 e. The first-order valence-corrected chi connectivity index (χ1v) is 12.5. The molecule has 0 radical (unpaired) electrons. The minimum Gasteiger partial charge on any atom is -0.481 e. The molecular formula is C22H41IO2. The van der Waals surface area contributed by atoms with Gasteiger partial charge in [-0.3, -0.25) is 4.79 Å². The summed E-state index contributed by atoms with van der Waals surface area (Å²) in [4.78, 5) is 12.0. The largest absolute Gasteiger partial charge is 0.481 e. The lowest BCUT2D eigenvalue weighted by Gasteiger charge is -2.33. The van der Waals surface area contributed by atoms with Crippen LogP contribution >= 0.6 is 22.6 Å². The van der Waals surface area contributed by atoms with Crippen LogP contribution in [-0.4, -0.2) is 15.5 Å². The molecule has 1 fully saturated rings. The molecule has 0 heterocycles. The first kappa shape index (κ1) is 23.2. The summed E-state index contributed by atoms with van der Waals surface area (Å²) in [6.07, 6.45) is 21.7. The Hall–Kier alpha value is 0.200. The Bertz CT molecular complexity index is 339. The summed E-state index contributed by atoms with van der Waals surface area (Å²) in [6, 6.07) is 0. The standard InChI is InChI=1S/C22H41IO2/c1-2-3-4-5-6-7-8-9-10-11-12-15-18-22(19-23,21(24)25)20-16-13-14-17-20/h20H,2-19H2,1H3,(H,24,25). The van der Waals surface area contributed by atoms with Crippen molar-refractivity contribution in [2.45, 2.75) is 116 Å². The number of carboxylic acid groups (broad SMARTS) is 1. The third-order valence-electron chi connectivity index (χ3n) is 6.28. The SMILES string of the molecule is CCCCCCCCCCCCCCC(CI)(C(=O)O)C1CCCC1. The molecule has 0 bridgehead atoms. The fourth-order valence-corrected chi connectivity index (χ4v) is 5.81. The van der Waals surface area contributed by atoms with Gasteiger partial charge in [0, 0.05) is 4.43 Å². The molecule has 2 nitrogen and oxygen atoms in total. The predicted molar refractivity (Wildman–Crippen MR) is 117 cm³/mol. The molecule has 0 spiro atoms. The summed E-state index contributed by atoms with van der Waals surface area (Å²) in [6.45, 7) is 2.27. The Balaban J connectivity index is 2.07. The highest BCUT2D eigenvalue weighted by Gasteiger charge is 2.45. The average molecular weight is 464 g/mol. The molecule has 0 amide bonds. The Morgan fingerprint density at radius 3 is 1.72 bits per heavy atom. The van der Waals surface area contributed by atoms with Gasteiger partial charge in [-0.15, -0.1) is 0 Å². The normalized spacial score (nSPS) is 17.7. The van der Waals surface area contributed by atoms with E-state index in [2.05, 4.69) is 29.5 Å². The van der Waals surface area contributed by atoms with E-state index < -0.39 is 11.4 Å². The van der Waals surface area contributed by atoms with Gasteiger partial charge in [0.25, 0.3) is 0 Å². The van der Waals surface area contributed by atoms with Crippen LogP contribution < -0.4 is 0 Å². The van der Waals surface area contributed by atoms with E-state index in [1.54, 1.807) is 0 Å². The molecule has 0 saturated heterocycles. The van der Waals surface area contributed by atoms with Gasteiger partial charge in [0.2, 0.25) is 0 Å². The van der Waals surface area contributed by atoms with E-state index in [0.29, 0.717) is 5.92 Å². The van der Waals surface area contributed by atoms with E-state index in [4.69, 9.17) is 0 Å². The molecule has 148 valence electrons. The number of hydrogen-bond acceptors (Lipinski definition) is 1. The van der Waals surface area contributed by atoms with Crippen LogP contribution in [0.4, 0.5) is 0 Å². The van der Waals surface area contributed by atoms with Crippen LogP contribution in [0.15, 0.2) is 0 Å². The topological polar surface area (TPSA) is 37.3 Å². The van der Waals surface area contributed by atoms with Crippen molar-refractivity contribution in [2.24, 2.45) is 11.3 Å². The van der Waals surface area contributed by atoms with E-state index in [1.807, 2.05) is 0 Å². The molecule has 1 N–H and O–H groups in total. The molecule has 1 atom stereocenters. The van der Waals surface area contributed by atoms with E-state index in [9.17, 15) is 9.90 Å². The van der Waals surface area contributed by atoms with Crippen molar-refractivity contribution >= 4 is 28.6 Å². The smallest absolute Gasteiger partial charge is 0.310 e. The van der Waals surface area contributed by atoms with Crippen LogP contribution in [0.1, 0.15) is 116 Å². The number of halogens is 1. The van der Waals surface area contributed by atoms with E-state index >= 15 is 0 Å². The average Bonchev–Trinajstić information content (AvgIpc) is 3.14. The third-order valence-corrected chi connectivity index (χ3v) is 7.64. The van der Waals surface area contributed by atoms with Crippen LogP contribution in [0.5, 0.6) is 0 Å². The fourth-order valence-electron chi connectivity index (χ4n) is 4.48. The second kappa shape index (κ2) is 14.3. The zero-order chi connectivity index (χ0) is 18.4. The summed E-state index contributed by atoms with van der Waals surface area (Å²) >= 11 is 2.32. The highest BCUT2D eigenvalue weighted by atomic mass is 127. The zero-order valence-corrected chi connectivity index (χ0v) is 18.7. The number of unbranched alkanes of at least 4 members (excludes halogenated alkanes) is 11. The minimum atomic E-state index is -0.531. The van der Waals surface area contributed by atoms with Crippen LogP contribution in [0.25, 0.3) is 0 Å². The Labute approximate surface area is 170 Å². The minimum absolute atomic E-state index is 0.426. The second-order valence-corrected chi connectivity index (χ2v) is 8.98. The van der Waals surface area contributed by atoms with Crippen molar-refractivity contribution in [3.63, 3.8) is 0 Å². The monoisotopic (exact) mass is 464 g/mol. The predicted octanol–water partition coefficient (Wildman–Crippen LogP) is 7.77. The maximum atomic E-state index is 12.0. The molecule has 25 heavy (non-hydrogen) atoms. The Morgan fingerprint density at radius 1 is 0.880 bits per heavy atom. The van der Waals surface area contributed by atoms with E-state index in [0.717, 1.165) is 30.1 Å². The summed E-state index contributed by atoms with van der Waals surface area (Å²) < 4.78 is 0.781. The van der Waals surface area contributed by atoms with Gasteiger partial charge < -0.3 is 5.11 Å². The Morgan fingerprint density at radius 2 is 1.32 bits per heavy atom. The van der Waals surface area contributed by atoms with Crippen LogP contribution in [0.2, 0.25) is 0 Å². The van der Waals surface area contributed by atoms with E-state index in [-0.39, 0.29) is 0 Å². The molecular weight excluding hydrogens is 423 g/mol. The molecule has 0 aromatic carbocycles. The number of rotatable bonds is 16. The van der Waals surface area contributed by atoms with Crippen molar-refractivity contribution in [1.29, 1.82) is 0 Å². The third kappa shape index (κ3) is 8.62. The number of hydrogen-bond donors (Lipinski definition) is 1. The van der Waals surface area contributed by atoms with Gasteiger partial charge in [0.05, 0.1) is 5.41 Å². The quantitative estimate of drug-likeness (QED) is 0.144. The summed E-state index contributed by atoms with van der Waals surface area (Å²) in [5.41, 5.74) is -0.435. The van der Waals surface area contributed by atoms with Crippen molar-refractivity contribution in [3.05, 3.63) is 0 Å². The highest BCUT2D eigenvalue weighted by Crippen LogP contribution is 2.45. The highest BCUT2D eigenvalue weighted by molar-refractivity contribution is 14.1. The van der Waals surface area contributed by atoms with Gasteiger partial charge >= 0.3 is 5.97 Å². The first-order valence-electron chi connectivity index (χ1n) is 11.0. The first-order chi connectivity index (χ1) is 12.2. The lowest BCUT2D eigenvalue weighted by Crippen LogP contribution is -2.39. The molecule has 1 rings (SSSR count). The molecule has 1 aliphatic carbocycles. The maximum absolute atomic E-state index is 12.0. The van der Waals surface area contributed by atoms with Gasteiger partial charge in [-0.2, -0.15) is 0 Å². The van der Waals surface area contributed by atoms with Gasteiger partial charge in [-0.25, -0.2) is 0 Å². The lowest BCUT2D eigenvalue weighted by molar-refractivity contribution is -0.151. The molecule has 0 aromatic heterocycles. The number of carbonyl (C=O) groups is 1. The summed E-state index contributed by atoms with van der Waals surface area (Å²) in [5.74, 6) is -0.105. The van der Waals surface area contributed by atoms with Crippen molar-refractivity contribution in [2.75, 3.05) is 4.43 Å². The van der Waals surface area contributed by atoms with Crippen molar-refractivity contribution in [3.8, 4) is 0 Å². The van der Waals surface area contributed by atoms with Crippen LogP contribution in [-0.2, 0) is 4.79 Å². The molecule has 1 unspecified atom stereocenters. The molecule has 0 aliphatic heterocycles. The molecule has 0 aromatic rings. The number of carboxylic acids is 1. The number of aliphatic carboxylic acids is 1. The van der Waals surface area contributed by atoms with Gasteiger partial charge in [0.1, 0.15) is 0 Å². The lowest BCUT2D eigenvalue weighted by atomic mass is 9.72. The molecule has 1 aliphatic rings. The van der Waals surface area contributed by atoms with Crippen LogP contribution in [0.3, 0.4) is 0 Å². The van der Waals surface area contributed by atoms with E-state index in [1.165, 1.54) is 83.5 Å². The van der Waals surface area contributed by atoms with Crippen LogP contribution in [0, 0.1) is 11.3 Å². The zero-order valence-electron chi connectivity index (χ0n) is 16.5. The van der Waals surface area contributed by atoms with Crippen molar-refractivity contribution < 1.29 is 9.90 Å². The fraction of sp³-hybridized carbons (Fsp3) is 0.955. The second-order valence-electron chi connectivity index (χ2n) is 8.22. The van der Waals surface area contributed by atoms with Gasteiger partial charge in [0.15, 0.2) is 0 Å². The molecule has 1 saturated carbocycles. The van der Waals surface area contributed by atoms with Gasteiger partial charge in [-0.1, -0.05) is 119 Å². The number of alkyl halides is 1. The Kier molecular flexibility index (Phi) is 13.3. The van der Waals surface area contributed by atoms with Crippen molar-refractivity contribution in [1.82, 2.24) is 0 Å². The summed E-state index contributed by atoms with van der Waals surface area (Å²) in [5, 5.41) is 9.86. The van der Waals surface area contributed by atoms with Gasteiger partial charge in [-0.05, 0) is 25.2 Å².